The molecule has 0 aromatic carbocycles. The van der Waals surface area contributed by atoms with Gasteiger partial charge in [-0.05, 0) is 0 Å². The lowest BCUT2D eigenvalue weighted by Gasteiger charge is -2.40. The van der Waals surface area contributed by atoms with E-state index in [0.29, 0.717) is 11.0 Å². The molecule has 1 aromatic heterocycles. The Bertz CT molecular complexity index is 527. The van der Waals surface area contributed by atoms with Gasteiger partial charge in [0.2, 0.25) is 11.9 Å². The minimum absolute atomic E-state index is 0.237. The van der Waals surface area contributed by atoms with Crippen LogP contribution in [0.5, 0.6) is 0 Å². The van der Waals surface area contributed by atoms with Crippen molar-refractivity contribution in [3.05, 3.63) is 17.4 Å². The quantitative estimate of drug-likeness (QED) is 0.787. The number of hydrogen-bond donors (Lipinski definition) is 2. The first kappa shape index (κ1) is 14.0. The number of piperazine rings is 1. The summed E-state index contributed by atoms with van der Waals surface area (Å²) in [6.45, 7) is 2.92. The molecule has 2 aliphatic rings. The van der Waals surface area contributed by atoms with Gasteiger partial charge in [-0.15, -0.1) is 0 Å². The van der Waals surface area contributed by atoms with Gasteiger partial charge in [-0.25, -0.2) is 14.8 Å². The molecule has 3 rings (SSSR count). The second-order valence-electron chi connectivity index (χ2n) is 4.97. The molecule has 21 heavy (non-hydrogen) atoms. The number of hydrogen-bond acceptors (Lipinski definition) is 6. The summed E-state index contributed by atoms with van der Waals surface area (Å²) >= 11 is 5.77. The van der Waals surface area contributed by atoms with Crippen LogP contribution in [0, 0.1) is 0 Å². The Balaban J connectivity index is 1.58. The average molecular weight is 311 g/mol. The van der Waals surface area contributed by atoms with Gasteiger partial charge < -0.3 is 10.2 Å². The molecule has 9 heteroatoms. The van der Waals surface area contributed by atoms with Gasteiger partial charge in [0.1, 0.15) is 0 Å². The number of anilines is 1. The molecule has 2 aliphatic heterocycles. The number of carbonyl (C=O) groups is 2. The maximum absolute atomic E-state index is 11.4. The van der Waals surface area contributed by atoms with Crippen molar-refractivity contribution in [2.75, 3.05) is 31.1 Å². The Morgan fingerprint density at radius 2 is 1.81 bits per heavy atom. The summed E-state index contributed by atoms with van der Waals surface area (Å²) in [5.41, 5.74) is 0. The highest BCUT2D eigenvalue weighted by molar-refractivity contribution is 6.30. The van der Waals surface area contributed by atoms with Gasteiger partial charge in [0.05, 0.1) is 30.0 Å². The van der Waals surface area contributed by atoms with Gasteiger partial charge in [0, 0.05) is 26.2 Å². The van der Waals surface area contributed by atoms with Crippen molar-refractivity contribution in [1.29, 1.82) is 0 Å². The van der Waals surface area contributed by atoms with Gasteiger partial charge in [-0.3, -0.25) is 15.0 Å². The summed E-state index contributed by atoms with van der Waals surface area (Å²) < 4.78 is 0. The van der Waals surface area contributed by atoms with Crippen LogP contribution in [-0.2, 0) is 4.79 Å². The van der Waals surface area contributed by atoms with Crippen molar-refractivity contribution >= 4 is 29.5 Å². The number of rotatable bonds is 2. The summed E-state index contributed by atoms with van der Waals surface area (Å²) in [4.78, 5) is 35.3. The van der Waals surface area contributed by atoms with Crippen molar-refractivity contribution in [3.63, 3.8) is 0 Å². The monoisotopic (exact) mass is 310 g/mol. The average Bonchev–Trinajstić information content (AvgIpc) is 2.47. The molecule has 3 amide bonds. The molecule has 8 nitrogen and oxygen atoms in total. The van der Waals surface area contributed by atoms with Crippen LogP contribution in [-0.4, -0.2) is 59.2 Å². The van der Waals surface area contributed by atoms with E-state index < -0.39 is 6.03 Å². The van der Waals surface area contributed by atoms with Crippen LogP contribution in [0.4, 0.5) is 10.7 Å². The van der Waals surface area contributed by atoms with Gasteiger partial charge in [-0.2, -0.15) is 0 Å². The molecular weight excluding hydrogens is 296 g/mol. The number of nitrogens with one attached hydrogen (secondary N) is 2. The summed E-state index contributed by atoms with van der Waals surface area (Å²) in [6.07, 6.45) is 3.19. The molecule has 1 aromatic rings. The smallest absolute Gasteiger partial charge is 0.322 e. The number of aromatic nitrogens is 2. The number of nitrogens with zero attached hydrogens (tertiary/aromatic N) is 4. The van der Waals surface area contributed by atoms with E-state index in [2.05, 4.69) is 30.4 Å². The topological polar surface area (TPSA) is 90.5 Å². The van der Waals surface area contributed by atoms with Crippen molar-refractivity contribution in [3.8, 4) is 0 Å². The number of amides is 3. The van der Waals surface area contributed by atoms with Crippen molar-refractivity contribution in [2.45, 2.75) is 12.6 Å². The first-order chi connectivity index (χ1) is 10.1. The standard InChI is InChI=1S/C12H15ClN6O2/c13-8-6-14-11(15-7-8)19-3-1-18(2-4-19)9-5-10(20)17-12(21)16-9/h6-7,9H,1-5H2,(H2,16,17,20,21). The second-order valence-corrected chi connectivity index (χ2v) is 5.40. The van der Waals surface area contributed by atoms with Gasteiger partial charge in [0.25, 0.3) is 0 Å². The van der Waals surface area contributed by atoms with Crippen LogP contribution in [0.1, 0.15) is 6.42 Å². The van der Waals surface area contributed by atoms with Crippen LogP contribution in [0.3, 0.4) is 0 Å². The normalized spacial score (nSPS) is 23.7. The van der Waals surface area contributed by atoms with Crippen LogP contribution in [0.2, 0.25) is 5.02 Å². The molecule has 2 saturated heterocycles. The lowest BCUT2D eigenvalue weighted by Crippen LogP contribution is -2.62. The Labute approximate surface area is 126 Å². The van der Waals surface area contributed by atoms with Crippen LogP contribution in [0.15, 0.2) is 12.4 Å². The lowest BCUT2D eigenvalue weighted by atomic mass is 10.2. The zero-order valence-corrected chi connectivity index (χ0v) is 12.0. The first-order valence-corrected chi connectivity index (χ1v) is 7.06. The molecule has 112 valence electrons. The number of imide groups is 1. The van der Waals surface area contributed by atoms with Crippen LogP contribution in [0.25, 0.3) is 0 Å². The third kappa shape index (κ3) is 3.22. The number of halogens is 1. The summed E-state index contributed by atoms with van der Waals surface area (Å²) in [5.74, 6) is 0.400. The third-order valence-corrected chi connectivity index (χ3v) is 3.77. The Hall–Kier alpha value is -1.93. The molecule has 0 aliphatic carbocycles. The van der Waals surface area contributed by atoms with Crippen molar-refractivity contribution < 1.29 is 9.59 Å². The summed E-state index contributed by atoms with van der Waals surface area (Å²) in [5, 5.41) is 5.50. The highest BCUT2D eigenvalue weighted by Gasteiger charge is 2.31. The number of carbonyl (C=O) groups excluding carboxylic acids is 2. The number of urea groups is 1. The second kappa shape index (κ2) is 5.82. The third-order valence-electron chi connectivity index (χ3n) is 3.57. The predicted molar refractivity (Wildman–Crippen MR) is 75.9 cm³/mol. The highest BCUT2D eigenvalue weighted by atomic mass is 35.5. The van der Waals surface area contributed by atoms with Crippen LogP contribution < -0.4 is 15.5 Å². The zero-order chi connectivity index (χ0) is 14.8. The van der Waals surface area contributed by atoms with E-state index in [1.165, 1.54) is 0 Å². The largest absolute Gasteiger partial charge is 0.338 e. The van der Waals surface area contributed by atoms with E-state index in [9.17, 15) is 9.59 Å². The maximum Gasteiger partial charge on any atom is 0.322 e. The maximum atomic E-state index is 11.4. The van der Waals surface area contributed by atoms with E-state index in [-0.39, 0.29) is 18.5 Å². The predicted octanol–water partition coefficient (Wildman–Crippen LogP) is -0.192. The molecule has 1 atom stereocenters. The summed E-state index contributed by atoms with van der Waals surface area (Å²) in [6, 6.07) is -0.431. The SMILES string of the molecule is O=C1CC(N2CCN(c3ncc(Cl)cn3)CC2)NC(=O)N1. The van der Waals surface area contributed by atoms with E-state index in [4.69, 9.17) is 11.6 Å². The van der Waals surface area contributed by atoms with E-state index in [1.807, 2.05) is 0 Å². The molecule has 0 saturated carbocycles. The Morgan fingerprint density at radius 3 is 2.43 bits per heavy atom. The molecule has 2 fully saturated rings. The molecule has 0 spiro atoms. The fraction of sp³-hybridized carbons (Fsp3) is 0.500. The molecule has 0 bridgehead atoms. The van der Waals surface area contributed by atoms with E-state index in [0.717, 1.165) is 26.2 Å². The van der Waals surface area contributed by atoms with Crippen molar-refractivity contribution in [2.24, 2.45) is 0 Å². The minimum Gasteiger partial charge on any atom is -0.338 e. The van der Waals surface area contributed by atoms with Gasteiger partial charge >= 0.3 is 6.03 Å². The molecule has 2 N–H and O–H groups in total. The highest BCUT2D eigenvalue weighted by Crippen LogP contribution is 2.15. The van der Waals surface area contributed by atoms with Gasteiger partial charge in [0.15, 0.2) is 0 Å². The Morgan fingerprint density at radius 1 is 1.14 bits per heavy atom. The summed E-state index contributed by atoms with van der Waals surface area (Å²) in [7, 11) is 0. The molecular formula is C12H15ClN6O2. The van der Waals surface area contributed by atoms with Gasteiger partial charge in [-0.1, -0.05) is 11.6 Å². The molecule has 0 radical (unpaired) electrons. The fourth-order valence-corrected chi connectivity index (χ4v) is 2.61. The van der Waals surface area contributed by atoms with E-state index >= 15 is 0 Å². The zero-order valence-electron chi connectivity index (χ0n) is 11.3. The lowest BCUT2D eigenvalue weighted by molar-refractivity contribution is -0.122. The first-order valence-electron chi connectivity index (χ1n) is 6.69. The minimum atomic E-state index is -0.431. The van der Waals surface area contributed by atoms with E-state index in [1.54, 1.807) is 12.4 Å². The Kier molecular flexibility index (Phi) is 3.89. The molecule has 3 heterocycles. The van der Waals surface area contributed by atoms with Crippen LogP contribution >= 0.6 is 11.6 Å². The molecule has 1 unspecified atom stereocenters. The fourth-order valence-electron chi connectivity index (χ4n) is 2.51. The van der Waals surface area contributed by atoms with Crippen molar-refractivity contribution in [1.82, 2.24) is 25.5 Å².